The number of carbonyl (C=O) groups is 1. The van der Waals surface area contributed by atoms with E-state index in [2.05, 4.69) is 6.07 Å². The molecule has 0 saturated heterocycles. The van der Waals surface area contributed by atoms with Gasteiger partial charge in [0.2, 0.25) is 5.88 Å². The van der Waals surface area contributed by atoms with Gasteiger partial charge in [0.1, 0.15) is 28.9 Å². The highest BCUT2D eigenvalue weighted by Gasteiger charge is 2.33. The van der Waals surface area contributed by atoms with Crippen molar-refractivity contribution in [2.75, 3.05) is 6.61 Å². The van der Waals surface area contributed by atoms with Crippen LogP contribution < -0.4 is 19.9 Å². The van der Waals surface area contributed by atoms with Crippen molar-refractivity contribution in [3.63, 3.8) is 0 Å². The Balaban J connectivity index is 1.66. The first-order valence-electron chi connectivity index (χ1n) is 10.5. The number of nitrogens with two attached hydrogens (primary N) is 1. The minimum absolute atomic E-state index is 0.0692. The van der Waals surface area contributed by atoms with Crippen LogP contribution in [0.4, 0.5) is 0 Å². The summed E-state index contributed by atoms with van der Waals surface area (Å²) in [6.45, 7) is 2.55. The Morgan fingerprint density at radius 1 is 1.09 bits per heavy atom. The van der Waals surface area contributed by atoms with Crippen molar-refractivity contribution in [3.05, 3.63) is 98.9 Å². The van der Waals surface area contributed by atoms with Gasteiger partial charge in [0.25, 0.3) is 0 Å². The normalized spacial score (nSPS) is 14.6. The highest BCUT2D eigenvalue weighted by molar-refractivity contribution is 6.36. The molecule has 34 heavy (non-hydrogen) atoms. The first-order valence-corrected chi connectivity index (χ1v) is 11.3. The zero-order chi connectivity index (χ0) is 24.2. The summed E-state index contributed by atoms with van der Waals surface area (Å²) in [5.41, 5.74) is 7.76. The number of hydrogen-bond donors (Lipinski definition) is 1. The lowest BCUT2D eigenvalue weighted by Crippen LogP contribution is -2.21. The second-order valence-electron chi connectivity index (χ2n) is 7.53. The van der Waals surface area contributed by atoms with Gasteiger partial charge in [-0.25, -0.2) is 4.79 Å². The minimum atomic E-state index is -0.632. The summed E-state index contributed by atoms with van der Waals surface area (Å²) in [5, 5.41) is 10.5. The molecule has 2 N–H and O–H groups in total. The Morgan fingerprint density at radius 2 is 1.82 bits per heavy atom. The number of benzene rings is 3. The van der Waals surface area contributed by atoms with Crippen molar-refractivity contribution in [1.82, 2.24) is 0 Å². The van der Waals surface area contributed by atoms with Crippen LogP contribution in [0, 0.1) is 11.3 Å². The van der Waals surface area contributed by atoms with Crippen LogP contribution in [-0.4, -0.2) is 12.6 Å². The zero-order valence-corrected chi connectivity index (χ0v) is 19.7. The monoisotopic (exact) mass is 494 g/mol. The van der Waals surface area contributed by atoms with Gasteiger partial charge < -0.3 is 19.9 Å². The molecule has 0 amide bonds. The number of nitriles is 1. The van der Waals surface area contributed by atoms with Gasteiger partial charge in [-0.3, -0.25) is 0 Å². The molecule has 0 bridgehead atoms. The lowest BCUT2D eigenvalue weighted by molar-refractivity contribution is 0.0734. The molecule has 1 heterocycles. The number of nitrogens with zero attached hydrogens (tertiary/aromatic N) is 1. The standard InChI is InChI=1S/C26H20Cl2N2O4/c1-2-11-32-16-6-3-5-15(12-16)26(31)33-17-9-10-18-22(13-17)34-25(30)19(14-29)23(18)24-20(27)7-4-8-21(24)28/h3-10,12-13,23H,2,11,30H2,1H3. The van der Waals surface area contributed by atoms with Gasteiger partial charge in [0.05, 0.1) is 18.1 Å². The van der Waals surface area contributed by atoms with Crippen LogP contribution in [0.25, 0.3) is 0 Å². The molecule has 1 aliphatic heterocycles. The van der Waals surface area contributed by atoms with Crippen LogP contribution in [0.2, 0.25) is 10.0 Å². The van der Waals surface area contributed by atoms with Crippen molar-refractivity contribution in [2.24, 2.45) is 5.73 Å². The molecule has 1 aliphatic rings. The number of ether oxygens (including phenoxy) is 3. The van der Waals surface area contributed by atoms with E-state index in [1.54, 1.807) is 60.7 Å². The number of halogens is 2. The summed E-state index contributed by atoms with van der Waals surface area (Å²) in [6.07, 6.45) is 0.856. The van der Waals surface area contributed by atoms with Crippen LogP contribution in [0.15, 0.2) is 72.1 Å². The predicted molar refractivity (Wildman–Crippen MR) is 129 cm³/mol. The minimum Gasteiger partial charge on any atom is -0.494 e. The van der Waals surface area contributed by atoms with E-state index < -0.39 is 11.9 Å². The smallest absolute Gasteiger partial charge is 0.343 e. The lowest BCUT2D eigenvalue weighted by atomic mass is 9.83. The molecule has 0 aliphatic carbocycles. The maximum atomic E-state index is 12.7. The first-order chi connectivity index (χ1) is 16.4. The van der Waals surface area contributed by atoms with Gasteiger partial charge in [-0.05, 0) is 42.8 Å². The van der Waals surface area contributed by atoms with E-state index >= 15 is 0 Å². The van der Waals surface area contributed by atoms with Crippen LogP contribution >= 0.6 is 23.2 Å². The van der Waals surface area contributed by atoms with Gasteiger partial charge in [0, 0.05) is 27.2 Å². The van der Waals surface area contributed by atoms with Gasteiger partial charge in [-0.2, -0.15) is 5.26 Å². The molecule has 0 spiro atoms. The summed E-state index contributed by atoms with van der Waals surface area (Å²) < 4.78 is 16.8. The first kappa shape index (κ1) is 23.5. The Labute approximate surface area is 207 Å². The van der Waals surface area contributed by atoms with Crippen molar-refractivity contribution in [3.8, 4) is 23.3 Å². The number of rotatable bonds is 6. The zero-order valence-electron chi connectivity index (χ0n) is 18.2. The van der Waals surface area contributed by atoms with Gasteiger partial charge in [-0.1, -0.05) is 48.3 Å². The van der Waals surface area contributed by atoms with Crippen molar-refractivity contribution in [2.45, 2.75) is 19.3 Å². The number of hydrogen-bond acceptors (Lipinski definition) is 6. The number of carbonyl (C=O) groups excluding carboxylic acids is 1. The third-order valence-electron chi connectivity index (χ3n) is 5.23. The van der Waals surface area contributed by atoms with E-state index in [9.17, 15) is 10.1 Å². The fraction of sp³-hybridized carbons (Fsp3) is 0.154. The molecule has 172 valence electrons. The highest BCUT2D eigenvalue weighted by atomic mass is 35.5. The summed E-state index contributed by atoms with van der Waals surface area (Å²) in [6, 6.07) is 18.8. The third-order valence-corrected chi connectivity index (χ3v) is 5.89. The van der Waals surface area contributed by atoms with Crippen molar-refractivity contribution in [1.29, 1.82) is 5.26 Å². The molecule has 0 radical (unpaired) electrons. The molecule has 0 aromatic heterocycles. The van der Waals surface area contributed by atoms with E-state index in [-0.39, 0.29) is 17.2 Å². The Hall–Kier alpha value is -3.66. The van der Waals surface area contributed by atoms with E-state index in [1.807, 2.05) is 6.92 Å². The average Bonchev–Trinajstić information content (AvgIpc) is 2.82. The van der Waals surface area contributed by atoms with Crippen molar-refractivity contribution < 1.29 is 19.0 Å². The van der Waals surface area contributed by atoms with Crippen molar-refractivity contribution >= 4 is 29.2 Å². The number of allylic oxidation sites excluding steroid dienone is 1. The molecule has 3 aromatic rings. The van der Waals surface area contributed by atoms with E-state index in [4.69, 9.17) is 43.1 Å². The van der Waals surface area contributed by atoms with Gasteiger partial charge >= 0.3 is 5.97 Å². The lowest BCUT2D eigenvalue weighted by Gasteiger charge is -2.27. The predicted octanol–water partition coefficient (Wildman–Crippen LogP) is 6.22. The molecular formula is C26H20Cl2N2O4. The van der Waals surface area contributed by atoms with Crippen LogP contribution in [-0.2, 0) is 0 Å². The molecule has 6 nitrogen and oxygen atoms in total. The Kier molecular flexibility index (Phi) is 6.97. The average molecular weight is 495 g/mol. The summed E-state index contributed by atoms with van der Waals surface area (Å²) in [4.78, 5) is 12.7. The highest BCUT2D eigenvalue weighted by Crippen LogP contribution is 2.47. The molecule has 3 aromatic carbocycles. The summed E-state index contributed by atoms with van der Waals surface area (Å²) in [7, 11) is 0. The molecule has 1 unspecified atom stereocenters. The van der Waals surface area contributed by atoms with Crippen LogP contribution in [0.1, 0.15) is 40.7 Å². The summed E-state index contributed by atoms with van der Waals surface area (Å²) in [5.74, 6) is -0.0768. The summed E-state index contributed by atoms with van der Waals surface area (Å²) >= 11 is 12.9. The second-order valence-corrected chi connectivity index (χ2v) is 8.34. The molecule has 4 rings (SSSR count). The number of fused-ring (bicyclic) bond motifs is 1. The van der Waals surface area contributed by atoms with E-state index in [1.165, 1.54) is 0 Å². The largest absolute Gasteiger partial charge is 0.494 e. The van der Waals surface area contributed by atoms with Crippen LogP contribution in [0.5, 0.6) is 17.2 Å². The topological polar surface area (TPSA) is 94.6 Å². The third kappa shape index (κ3) is 4.67. The maximum absolute atomic E-state index is 12.7. The molecular weight excluding hydrogens is 475 g/mol. The molecule has 8 heteroatoms. The SMILES string of the molecule is CCCOc1cccc(C(=O)Oc2ccc3c(c2)OC(N)=C(C#N)C3c2c(Cl)cccc2Cl)c1. The fourth-order valence-electron chi connectivity index (χ4n) is 3.68. The van der Waals surface area contributed by atoms with E-state index in [0.29, 0.717) is 44.8 Å². The van der Waals surface area contributed by atoms with E-state index in [0.717, 1.165) is 6.42 Å². The quantitative estimate of drug-likeness (QED) is 0.322. The van der Waals surface area contributed by atoms with Crippen LogP contribution in [0.3, 0.4) is 0 Å². The Morgan fingerprint density at radius 3 is 2.53 bits per heavy atom. The van der Waals surface area contributed by atoms with Gasteiger partial charge in [0.15, 0.2) is 0 Å². The molecule has 0 saturated carbocycles. The second kappa shape index (κ2) is 10.1. The maximum Gasteiger partial charge on any atom is 0.343 e. The molecule has 0 fully saturated rings. The molecule has 1 atom stereocenters. The number of esters is 1. The Bertz CT molecular complexity index is 1310. The van der Waals surface area contributed by atoms with Gasteiger partial charge in [-0.15, -0.1) is 0 Å². The fourth-order valence-corrected chi connectivity index (χ4v) is 4.30.